The molecule has 0 spiro atoms. The lowest BCUT2D eigenvalue weighted by Crippen LogP contribution is -2.38. The number of carbonyl (C=O) groups is 6. The fourth-order valence-corrected chi connectivity index (χ4v) is 16.6. The summed E-state index contributed by atoms with van der Waals surface area (Å²) < 4.78 is 186. The SMILES string of the molecule is COC(=O)CC(C)(C)c1ccc(OC)c(-c2ccc(N3CCC3)nc2CN2C(=O)O[C@H](c3ccc(F)c(F)c3)[C@@H]2C)c1.COC(=O)CCc1ccc(OC)c(-c2ccc(N3CCC3)nc2CN2C(=O)O[C@H](c3ccc(F)c(F)c3)[C@@H]2C)c1.COc1ccc(CC(C)(C)C(=O)OC(C)(C)C)cc1-c1ccc(N2CCC2)nc1CN1C(=O)O[C@H](c2cc(C(F)(F)F)cc(C(F)(F)F)c2)[C@@H]1C. The smallest absolute Gasteiger partial charge is 0.416 e. The predicted molar refractivity (Wildman–Crippen MR) is 474 cm³/mol. The van der Waals surface area contributed by atoms with Gasteiger partial charge in [-0.15, -0.1) is 0 Å². The van der Waals surface area contributed by atoms with Crippen LogP contribution in [0.3, 0.4) is 0 Å². The van der Waals surface area contributed by atoms with E-state index >= 15 is 0 Å². The molecule has 15 rings (SSSR count). The third-order valence-electron chi connectivity index (χ3n) is 24.7. The molecule has 0 aliphatic carbocycles. The number of cyclic esters (lactones) is 3. The molecule has 6 fully saturated rings. The molecule has 3 aromatic heterocycles. The Balaban J connectivity index is 0.000000171. The molecule has 0 bridgehead atoms. The molecule has 3 amide bonds. The molecule has 6 atom stereocenters. The third-order valence-corrected chi connectivity index (χ3v) is 24.7. The van der Waals surface area contributed by atoms with Crippen molar-refractivity contribution in [1.29, 1.82) is 0 Å². The summed E-state index contributed by atoms with van der Waals surface area (Å²) in [7, 11) is 7.41. The van der Waals surface area contributed by atoms with Crippen LogP contribution in [0.2, 0.25) is 0 Å². The van der Waals surface area contributed by atoms with Crippen LogP contribution in [-0.2, 0) is 93.0 Å². The van der Waals surface area contributed by atoms with E-state index in [4.69, 9.17) is 57.6 Å². The van der Waals surface area contributed by atoms with Gasteiger partial charge in [0.15, 0.2) is 23.3 Å². The average molecular weight is 1850 g/mol. The Bertz CT molecular complexity index is 5810. The molecule has 6 aliphatic heterocycles. The molecule has 0 saturated carbocycles. The highest BCUT2D eigenvalue weighted by Crippen LogP contribution is 2.47. The van der Waals surface area contributed by atoms with E-state index in [0.717, 1.165) is 133 Å². The number of pyridine rings is 3. The molecule has 133 heavy (non-hydrogen) atoms. The number of aryl methyl sites for hydroxylation is 1. The van der Waals surface area contributed by atoms with E-state index in [1.165, 1.54) is 45.3 Å². The molecule has 6 aliphatic rings. The summed E-state index contributed by atoms with van der Waals surface area (Å²) in [6.45, 7) is 23.3. The first-order chi connectivity index (χ1) is 62.9. The van der Waals surface area contributed by atoms with Gasteiger partial charge in [-0.2, -0.15) is 26.3 Å². The van der Waals surface area contributed by atoms with Crippen LogP contribution in [0.15, 0.2) is 146 Å². The Labute approximate surface area is 764 Å². The predicted octanol–water partition coefficient (Wildman–Crippen LogP) is 20.6. The van der Waals surface area contributed by atoms with Gasteiger partial charge in [0.1, 0.15) is 58.6 Å². The first-order valence-corrected chi connectivity index (χ1v) is 43.6. The largest absolute Gasteiger partial charge is 0.496 e. The van der Waals surface area contributed by atoms with Gasteiger partial charge in [-0.3, -0.25) is 29.1 Å². The summed E-state index contributed by atoms with van der Waals surface area (Å²) in [6.07, 6.45) is -10.8. The van der Waals surface area contributed by atoms with Gasteiger partial charge in [-0.05, 0) is 236 Å². The van der Waals surface area contributed by atoms with Gasteiger partial charge in [0.25, 0.3) is 0 Å². The van der Waals surface area contributed by atoms with Crippen LogP contribution in [0.4, 0.5) is 75.7 Å². The van der Waals surface area contributed by atoms with Crippen molar-refractivity contribution in [3.63, 3.8) is 0 Å². The second-order valence-electron chi connectivity index (χ2n) is 36.0. The Morgan fingerprint density at radius 2 is 0.774 bits per heavy atom. The van der Waals surface area contributed by atoms with Gasteiger partial charge in [-0.25, -0.2) is 46.9 Å². The summed E-state index contributed by atoms with van der Waals surface area (Å²) in [6, 6.07) is 34.8. The van der Waals surface area contributed by atoms with Gasteiger partial charge >= 0.3 is 48.5 Å². The number of ether oxygens (including phenoxy) is 9. The van der Waals surface area contributed by atoms with Crippen LogP contribution in [-0.4, -0.2) is 164 Å². The van der Waals surface area contributed by atoms with Crippen LogP contribution >= 0.6 is 0 Å². The van der Waals surface area contributed by atoms with Crippen LogP contribution in [0.25, 0.3) is 33.4 Å². The summed E-state index contributed by atoms with van der Waals surface area (Å²) >= 11 is 0. The topological polar surface area (TPSA) is 244 Å². The maximum Gasteiger partial charge on any atom is 0.416 e. The lowest BCUT2D eigenvalue weighted by molar-refractivity contribution is -0.165. The van der Waals surface area contributed by atoms with Crippen LogP contribution < -0.4 is 28.9 Å². The summed E-state index contributed by atoms with van der Waals surface area (Å²) in [5.74, 6) is -0.916. The second kappa shape index (κ2) is 39.9. The highest BCUT2D eigenvalue weighted by atomic mass is 19.4. The maximum atomic E-state index is 14.0. The van der Waals surface area contributed by atoms with Crippen LogP contribution in [0.1, 0.15) is 181 Å². The van der Waals surface area contributed by atoms with Crippen molar-refractivity contribution in [2.75, 3.05) is 89.5 Å². The molecule has 34 heteroatoms. The molecular formula is C99H107F10N9O15. The van der Waals surface area contributed by atoms with Crippen LogP contribution in [0.5, 0.6) is 17.2 Å². The third kappa shape index (κ3) is 22.2. The van der Waals surface area contributed by atoms with Crippen molar-refractivity contribution in [1.82, 2.24) is 29.7 Å². The Morgan fingerprint density at radius 1 is 0.406 bits per heavy atom. The number of nitrogens with zero attached hydrogens (tertiary/aromatic N) is 9. The van der Waals surface area contributed by atoms with Gasteiger partial charge in [0, 0.05) is 84.5 Å². The van der Waals surface area contributed by atoms with Crippen molar-refractivity contribution in [2.45, 2.75) is 194 Å². The lowest BCUT2D eigenvalue weighted by Gasteiger charge is -2.33. The average Bonchev–Trinajstić information content (AvgIpc) is 1.73. The number of hydrogen-bond acceptors (Lipinski definition) is 21. The van der Waals surface area contributed by atoms with Crippen molar-refractivity contribution in [3.05, 3.63) is 230 Å². The first kappa shape index (κ1) is 97.6. The molecule has 0 unspecified atom stereocenters. The summed E-state index contributed by atoms with van der Waals surface area (Å²) in [4.78, 5) is 102. The number of aromatic nitrogens is 3. The van der Waals surface area contributed by atoms with Gasteiger partial charge in [0.05, 0.1) is 113 Å². The zero-order valence-electron chi connectivity index (χ0n) is 76.6. The molecule has 24 nitrogen and oxygen atoms in total. The fraction of sp³-hybridized carbons (Fsp3) is 0.424. The minimum atomic E-state index is -5.06. The molecule has 708 valence electrons. The highest BCUT2D eigenvalue weighted by Gasteiger charge is 2.47. The van der Waals surface area contributed by atoms with Crippen LogP contribution in [0, 0.1) is 28.7 Å². The van der Waals surface area contributed by atoms with E-state index in [0.29, 0.717) is 87.4 Å². The number of rotatable bonds is 27. The number of halogens is 10. The van der Waals surface area contributed by atoms with Gasteiger partial charge in [-0.1, -0.05) is 44.2 Å². The molecule has 6 aromatic carbocycles. The molecule has 0 N–H and O–H groups in total. The number of benzene rings is 6. The van der Waals surface area contributed by atoms with E-state index in [-0.39, 0.29) is 56.5 Å². The molecule has 9 aromatic rings. The van der Waals surface area contributed by atoms with E-state index in [2.05, 4.69) is 9.80 Å². The second-order valence-corrected chi connectivity index (χ2v) is 36.0. The number of esters is 3. The zero-order chi connectivity index (χ0) is 96.3. The van der Waals surface area contributed by atoms with Crippen molar-refractivity contribution >= 4 is 53.6 Å². The Hall–Kier alpha value is -12.9. The summed E-state index contributed by atoms with van der Waals surface area (Å²) in [5, 5.41) is 0. The number of amides is 3. The number of methoxy groups -OCH3 is 5. The van der Waals surface area contributed by atoms with Crippen molar-refractivity contribution in [2.24, 2.45) is 5.41 Å². The van der Waals surface area contributed by atoms with E-state index in [1.807, 2.05) is 118 Å². The number of carbonyl (C=O) groups excluding carboxylic acids is 6. The Morgan fingerprint density at radius 3 is 1.13 bits per heavy atom. The number of anilines is 3. The lowest BCUT2D eigenvalue weighted by atomic mass is 9.80. The van der Waals surface area contributed by atoms with Gasteiger partial charge < -0.3 is 57.3 Å². The van der Waals surface area contributed by atoms with Crippen molar-refractivity contribution < 1.29 is 115 Å². The standard InChI is InChI=1S/C37H41F6N3O5.C32H35F2N3O5.C30H31F2N3O5/c1-21-31(23-16-24(36(38,39)40)18-25(17-23)37(41,42)43)50-33(48)46(21)20-28-26(10-12-30(44-28)45-13-8-14-45)27-15-22(9-11-29(27)49-7)19-35(5,6)32(47)51-34(2,3)4;1-19-30(20-7-10-24(33)25(34)15-20)42-31(39)37(19)18-26-22(9-12-28(35-26)36-13-6-14-36)23-16-21(8-11-27(23)40-4)32(2,3)17-29(38)41-5;1-18-29(20-7-9-23(31)24(32)16-20)40-30(37)35(18)17-25-21(8-11-27(33-25)34-13-4-14-34)22-15-19(5-10-26(22)38-2)6-12-28(36)39-3/h9-12,15-18,21,31H,8,13-14,19-20H2,1-7H3;7-12,15-16,19,30H,6,13-14,17-18H2,1-5H3;5,7-11,15-16,18,29H,4,6,12-14,17H2,1-3H3/t21-,31-;19-,30-;18-,29-/m000/s1. The minimum absolute atomic E-state index is 0.0380. The zero-order valence-corrected chi connectivity index (χ0v) is 76.6. The molecule has 9 heterocycles. The quantitative estimate of drug-likeness (QED) is 0.0264. The summed E-state index contributed by atoms with van der Waals surface area (Å²) in [5.41, 5.74) is 3.83. The number of hydrogen-bond donors (Lipinski definition) is 0. The maximum absolute atomic E-state index is 14.0. The highest BCUT2D eigenvalue weighted by molar-refractivity contribution is 5.82. The molecule has 6 saturated heterocycles. The number of alkyl halides is 6. The Kier molecular flexibility index (Phi) is 29.3. The fourth-order valence-electron chi connectivity index (χ4n) is 16.6. The minimum Gasteiger partial charge on any atom is -0.496 e. The van der Waals surface area contributed by atoms with Crippen molar-refractivity contribution in [3.8, 4) is 50.6 Å². The van der Waals surface area contributed by atoms with E-state index in [9.17, 15) is 72.7 Å². The normalized spacial score (nSPS) is 18.4. The van der Waals surface area contributed by atoms with E-state index in [1.54, 1.807) is 64.7 Å². The molecule has 0 radical (unpaired) electrons. The molecular weight excluding hydrogens is 1750 g/mol. The monoisotopic (exact) mass is 1850 g/mol. The van der Waals surface area contributed by atoms with E-state index < -0.39 is 123 Å². The first-order valence-electron chi connectivity index (χ1n) is 43.6. The van der Waals surface area contributed by atoms with Gasteiger partial charge in [0.2, 0.25) is 0 Å².